The lowest BCUT2D eigenvalue weighted by molar-refractivity contribution is -0.136. The summed E-state index contributed by atoms with van der Waals surface area (Å²) in [6, 6.07) is 0. The van der Waals surface area contributed by atoms with Crippen molar-refractivity contribution in [1.29, 1.82) is 0 Å². The molecule has 6 heteroatoms. The van der Waals surface area contributed by atoms with Crippen LogP contribution in [0, 0.1) is 5.92 Å². The number of carboxylic acid groups (broad SMARTS) is 1. The maximum absolute atomic E-state index is 10.6. The molecule has 0 amide bonds. The molecule has 1 fully saturated rings. The number of nitrogens with zero attached hydrogens (tertiary/aromatic N) is 3. The molecule has 0 radical (unpaired) electrons. The molecular formula is C14H19N3O2S. The molecule has 1 N–H and O–H groups in total. The van der Waals surface area contributed by atoms with Crippen LogP contribution in [-0.2, 0) is 17.6 Å². The third-order valence-corrected chi connectivity index (χ3v) is 4.94. The monoisotopic (exact) mass is 293 g/mol. The lowest BCUT2D eigenvalue weighted by Crippen LogP contribution is -2.07. The second-order valence-corrected chi connectivity index (χ2v) is 6.61. The Morgan fingerprint density at radius 3 is 2.90 bits per heavy atom. The number of hydrogen-bond acceptors (Lipinski definition) is 4. The van der Waals surface area contributed by atoms with E-state index in [1.807, 2.05) is 0 Å². The Kier molecular flexibility index (Phi) is 4.00. The lowest BCUT2D eigenvalue weighted by Gasteiger charge is -2.20. The van der Waals surface area contributed by atoms with Crippen LogP contribution in [0.25, 0.3) is 4.96 Å². The first kappa shape index (κ1) is 13.5. The average molecular weight is 293 g/mol. The Morgan fingerprint density at radius 1 is 1.40 bits per heavy atom. The molecule has 20 heavy (non-hydrogen) atoms. The van der Waals surface area contributed by atoms with Crippen molar-refractivity contribution < 1.29 is 9.90 Å². The van der Waals surface area contributed by atoms with E-state index in [9.17, 15) is 4.79 Å². The topological polar surface area (TPSA) is 67.5 Å². The van der Waals surface area contributed by atoms with Crippen molar-refractivity contribution in [3.05, 3.63) is 16.9 Å². The molecule has 0 atom stereocenters. The zero-order chi connectivity index (χ0) is 13.9. The largest absolute Gasteiger partial charge is 0.481 e. The van der Waals surface area contributed by atoms with Crippen molar-refractivity contribution in [2.75, 3.05) is 0 Å². The van der Waals surface area contributed by atoms with Gasteiger partial charge in [-0.3, -0.25) is 4.79 Å². The number of carbonyl (C=O) groups is 1. The highest BCUT2D eigenvalue weighted by atomic mass is 32.1. The summed E-state index contributed by atoms with van der Waals surface area (Å²) in [6.07, 6.45) is 10.8. The number of aliphatic carboxylic acids is 1. The highest BCUT2D eigenvalue weighted by Crippen LogP contribution is 2.28. The number of imidazole rings is 1. The highest BCUT2D eigenvalue weighted by molar-refractivity contribution is 7.16. The third-order valence-electron chi connectivity index (χ3n) is 3.96. The van der Waals surface area contributed by atoms with Crippen LogP contribution in [-0.4, -0.2) is 25.7 Å². The van der Waals surface area contributed by atoms with Gasteiger partial charge in [0.25, 0.3) is 0 Å². The quantitative estimate of drug-likeness (QED) is 0.920. The lowest BCUT2D eigenvalue weighted by atomic mass is 9.86. The number of carboxylic acids is 1. The maximum atomic E-state index is 10.6. The summed E-state index contributed by atoms with van der Waals surface area (Å²) in [5.74, 6) is 0.0100. The number of rotatable bonds is 5. The SMILES string of the molecule is O=C(O)Cc1cn2nc(CCC3CCCCC3)sc2n1. The number of hydrogen-bond donors (Lipinski definition) is 1. The van der Waals surface area contributed by atoms with Gasteiger partial charge in [-0.2, -0.15) is 5.10 Å². The van der Waals surface area contributed by atoms with E-state index >= 15 is 0 Å². The van der Waals surface area contributed by atoms with Gasteiger partial charge in [-0.15, -0.1) is 0 Å². The van der Waals surface area contributed by atoms with Crippen LogP contribution in [0.15, 0.2) is 6.20 Å². The molecule has 2 aromatic rings. The Balaban J connectivity index is 1.61. The Bertz CT molecular complexity index is 567. The summed E-state index contributed by atoms with van der Waals surface area (Å²) in [6.45, 7) is 0. The summed E-state index contributed by atoms with van der Waals surface area (Å²) in [4.78, 5) is 15.8. The fourth-order valence-electron chi connectivity index (χ4n) is 2.93. The van der Waals surface area contributed by atoms with Crippen molar-refractivity contribution in [3.63, 3.8) is 0 Å². The van der Waals surface area contributed by atoms with Gasteiger partial charge in [0.05, 0.1) is 18.3 Å². The Morgan fingerprint density at radius 2 is 2.20 bits per heavy atom. The normalized spacial score (nSPS) is 16.8. The van der Waals surface area contributed by atoms with Gasteiger partial charge in [0.15, 0.2) is 0 Å². The summed E-state index contributed by atoms with van der Waals surface area (Å²) in [7, 11) is 0. The minimum atomic E-state index is -0.853. The van der Waals surface area contributed by atoms with E-state index in [1.54, 1.807) is 22.0 Å². The van der Waals surface area contributed by atoms with E-state index < -0.39 is 5.97 Å². The first-order valence-corrected chi connectivity index (χ1v) is 8.08. The zero-order valence-corrected chi connectivity index (χ0v) is 12.2. The molecule has 0 bridgehead atoms. The molecule has 108 valence electrons. The van der Waals surface area contributed by atoms with Crippen molar-refractivity contribution >= 4 is 22.3 Å². The van der Waals surface area contributed by atoms with E-state index in [4.69, 9.17) is 5.11 Å². The highest BCUT2D eigenvalue weighted by Gasteiger charge is 2.15. The molecule has 2 heterocycles. The van der Waals surface area contributed by atoms with E-state index in [1.165, 1.54) is 38.5 Å². The predicted octanol–water partition coefficient (Wildman–Crippen LogP) is 2.93. The Labute approximate surface area is 121 Å². The van der Waals surface area contributed by atoms with Crippen LogP contribution in [0.5, 0.6) is 0 Å². The molecule has 5 nitrogen and oxygen atoms in total. The maximum Gasteiger partial charge on any atom is 0.309 e. The number of aromatic nitrogens is 3. The van der Waals surface area contributed by atoms with Crippen LogP contribution in [0.3, 0.4) is 0 Å². The minimum absolute atomic E-state index is 0.0342. The smallest absolute Gasteiger partial charge is 0.309 e. The summed E-state index contributed by atoms with van der Waals surface area (Å²) in [5, 5.41) is 14.4. The molecule has 1 aliphatic rings. The van der Waals surface area contributed by atoms with E-state index in [-0.39, 0.29) is 6.42 Å². The van der Waals surface area contributed by atoms with Gasteiger partial charge in [-0.1, -0.05) is 43.4 Å². The zero-order valence-electron chi connectivity index (χ0n) is 11.4. The third kappa shape index (κ3) is 3.17. The summed E-state index contributed by atoms with van der Waals surface area (Å²) < 4.78 is 1.72. The molecular weight excluding hydrogens is 274 g/mol. The van der Waals surface area contributed by atoms with Crippen LogP contribution < -0.4 is 0 Å². The molecule has 0 aromatic carbocycles. The van der Waals surface area contributed by atoms with E-state index in [0.717, 1.165) is 22.3 Å². The fourth-order valence-corrected chi connectivity index (χ4v) is 3.84. The average Bonchev–Trinajstić information content (AvgIpc) is 2.94. The van der Waals surface area contributed by atoms with Gasteiger partial charge in [-0.05, 0) is 12.3 Å². The Hall–Kier alpha value is -1.43. The van der Waals surface area contributed by atoms with Crippen LogP contribution in [0.2, 0.25) is 0 Å². The molecule has 1 saturated carbocycles. The number of fused-ring (bicyclic) bond motifs is 1. The van der Waals surface area contributed by atoms with Crippen molar-refractivity contribution in [1.82, 2.24) is 14.6 Å². The standard InChI is InChI=1S/C14H19N3O2S/c18-13(19)8-11-9-17-14(15-11)20-12(16-17)7-6-10-4-2-1-3-5-10/h9-10H,1-8H2,(H,18,19). The van der Waals surface area contributed by atoms with Gasteiger partial charge >= 0.3 is 5.97 Å². The van der Waals surface area contributed by atoms with Crippen molar-refractivity contribution in [3.8, 4) is 0 Å². The second kappa shape index (κ2) is 5.91. The molecule has 0 aliphatic heterocycles. The molecule has 0 spiro atoms. The first-order valence-electron chi connectivity index (χ1n) is 7.26. The van der Waals surface area contributed by atoms with Crippen LogP contribution in [0.1, 0.15) is 49.2 Å². The number of aryl methyl sites for hydroxylation is 1. The van der Waals surface area contributed by atoms with E-state index in [0.29, 0.717) is 5.69 Å². The molecule has 3 rings (SSSR count). The summed E-state index contributed by atoms with van der Waals surface area (Å²) >= 11 is 1.58. The van der Waals surface area contributed by atoms with Gasteiger partial charge in [0.2, 0.25) is 4.96 Å². The fraction of sp³-hybridized carbons (Fsp3) is 0.643. The first-order chi connectivity index (χ1) is 9.70. The minimum Gasteiger partial charge on any atom is -0.481 e. The molecule has 1 aliphatic carbocycles. The molecule has 2 aromatic heterocycles. The van der Waals surface area contributed by atoms with Crippen LogP contribution >= 0.6 is 11.3 Å². The predicted molar refractivity (Wildman–Crippen MR) is 77.1 cm³/mol. The van der Waals surface area contributed by atoms with Crippen LogP contribution in [0.4, 0.5) is 0 Å². The van der Waals surface area contributed by atoms with Crippen molar-refractivity contribution in [2.45, 2.75) is 51.4 Å². The second-order valence-electron chi connectivity index (χ2n) is 5.57. The van der Waals surface area contributed by atoms with Gasteiger partial charge < -0.3 is 5.11 Å². The van der Waals surface area contributed by atoms with Gasteiger partial charge in [0.1, 0.15) is 5.01 Å². The van der Waals surface area contributed by atoms with Gasteiger partial charge in [0, 0.05) is 6.42 Å². The molecule has 0 unspecified atom stereocenters. The van der Waals surface area contributed by atoms with Gasteiger partial charge in [-0.25, -0.2) is 9.50 Å². The summed E-state index contributed by atoms with van der Waals surface area (Å²) in [5.41, 5.74) is 0.579. The van der Waals surface area contributed by atoms with E-state index in [2.05, 4.69) is 10.1 Å². The van der Waals surface area contributed by atoms with Crippen molar-refractivity contribution in [2.24, 2.45) is 5.92 Å². The molecule has 0 saturated heterocycles.